The van der Waals surface area contributed by atoms with Crippen LogP contribution in [0.15, 0.2) is 6.20 Å². The average Bonchev–Trinajstić information content (AvgIpc) is 2.66. The van der Waals surface area contributed by atoms with E-state index >= 15 is 0 Å². The lowest BCUT2D eigenvalue weighted by molar-refractivity contribution is -0.0132. The molecule has 0 spiro atoms. The minimum Gasteiger partial charge on any atom is -0.383 e. The molecule has 20 heavy (non-hydrogen) atoms. The molecule has 4 nitrogen and oxygen atoms in total. The standard InChI is InChI=1S/C15H27ClN2O2/c1-11(2)8-15(19,9-12(3)4)14-13(16)10-17-18(14)6-7-20-5/h10-12,19H,6-9H2,1-5H3. The van der Waals surface area contributed by atoms with E-state index in [1.165, 1.54) is 0 Å². The van der Waals surface area contributed by atoms with E-state index in [2.05, 4.69) is 32.8 Å². The minimum atomic E-state index is -0.941. The van der Waals surface area contributed by atoms with Gasteiger partial charge in [-0.05, 0) is 24.7 Å². The number of rotatable bonds is 8. The molecule has 1 N–H and O–H groups in total. The predicted molar refractivity (Wildman–Crippen MR) is 81.9 cm³/mol. The first kappa shape index (κ1) is 17.5. The van der Waals surface area contributed by atoms with Crippen molar-refractivity contribution in [2.45, 2.75) is 52.7 Å². The largest absolute Gasteiger partial charge is 0.383 e. The molecule has 0 amide bonds. The molecule has 0 saturated heterocycles. The maximum absolute atomic E-state index is 11.2. The molecule has 0 saturated carbocycles. The van der Waals surface area contributed by atoms with Crippen LogP contribution < -0.4 is 0 Å². The zero-order valence-electron chi connectivity index (χ0n) is 13.2. The SMILES string of the molecule is COCCn1ncc(Cl)c1C(O)(CC(C)C)CC(C)C. The Labute approximate surface area is 127 Å². The molecule has 0 atom stereocenters. The van der Waals surface area contributed by atoms with Gasteiger partial charge in [0.25, 0.3) is 0 Å². The second-order valence-corrected chi connectivity index (χ2v) is 6.69. The van der Waals surface area contributed by atoms with E-state index in [0.29, 0.717) is 42.9 Å². The van der Waals surface area contributed by atoms with Gasteiger partial charge in [0, 0.05) is 7.11 Å². The van der Waals surface area contributed by atoms with Crippen LogP contribution in [0.25, 0.3) is 0 Å². The average molecular weight is 303 g/mol. The Morgan fingerprint density at radius 2 is 1.85 bits per heavy atom. The molecule has 5 heteroatoms. The molecule has 0 aliphatic carbocycles. The second-order valence-electron chi connectivity index (χ2n) is 6.28. The van der Waals surface area contributed by atoms with Crippen LogP contribution in [-0.4, -0.2) is 28.6 Å². The summed E-state index contributed by atoms with van der Waals surface area (Å²) in [6.07, 6.45) is 2.95. The monoisotopic (exact) mass is 302 g/mol. The second kappa shape index (κ2) is 7.43. The summed E-state index contributed by atoms with van der Waals surface area (Å²) in [5.41, 5.74) is -0.220. The molecule has 1 aromatic heterocycles. The Hall–Kier alpha value is -0.580. The van der Waals surface area contributed by atoms with Gasteiger partial charge in [-0.2, -0.15) is 5.10 Å². The van der Waals surface area contributed by atoms with Gasteiger partial charge in [-0.15, -0.1) is 0 Å². The Kier molecular flexibility index (Phi) is 6.49. The molecule has 0 aliphatic rings. The molecule has 116 valence electrons. The molecule has 0 fully saturated rings. The van der Waals surface area contributed by atoms with Crippen molar-refractivity contribution in [2.24, 2.45) is 11.8 Å². The van der Waals surface area contributed by atoms with Crippen LogP contribution in [0.3, 0.4) is 0 Å². The molecule has 1 rings (SSSR count). The smallest absolute Gasteiger partial charge is 0.108 e. The van der Waals surface area contributed by atoms with Crippen molar-refractivity contribution in [2.75, 3.05) is 13.7 Å². The molecular weight excluding hydrogens is 276 g/mol. The van der Waals surface area contributed by atoms with Crippen molar-refractivity contribution in [1.29, 1.82) is 0 Å². The molecular formula is C15H27ClN2O2. The molecule has 0 aromatic carbocycles. The summed E-state index contributed by atoms with van der Waals surface area (Å²) in [4.78, 5) is 0. The summed E-state index contributed by atoms with van der Waals surface area (Å²) >= 11 is 6.29. The van der Waals surface area contributed by atoms with Crippen molar-refractivity contribution >= 4 is 11.6 Å². The van der Waals surface area contributed by atoms with Gasteiger partial charge in [0.2, 0.25) is 0 Å². The van der Waals surface area contributed by atoms with Crippen LogP contribution in [-0.2, 0) is 16.9 Å². The third-order valence-electron chi connectivity index (χ3n) is 3.23. The first-order chi connectivity index (χ1) is 9.30. The molecule has 0 radical (unpaired) electrons. The van der Waals surface area contributed by atoms with E-state index in [-0.39, 0.29) is 0 Å². The van der Waals surface area contributed by atoms with Gasteiger partial charge >= 0.3 is 0 Å². The Morgan fingerprint density at radius 1 is 1.30 bits per heavy atom. The van der Waals surface area contributed by atoms with Gasteiger partial charge in [0.1, 0.15) is 5.60 Å². The first-order valence-corrected chi connectivity index (χ1v) is 7.61. The highest BCUT2D eigenvalue weighted by Crippen LogP contribution is 2.38. The van der Waals surface area contributed by atoms with E-state index in [0.717, 1.165) is 5.69 Å². The van der Waals surface area contributed by atoms with Crippen molar-refractivity contribution in [3.8, 4) is 0 Å². The van der Waals surface area contributed by atoms with Gasteiger partial charge in [-0.25, -0.2) is 0 Å². The fraction of sp³-hybridized carbons (Fsp3) is 0.800. The van der Waals surface area contributed by atoms with E-state index < -0.39 is 5.60 Å². The highest BCUT2D eigenvalue weighted by Gasteiger charge is 2.36. The topological polar surface area (TPSA) is 47.3 Å². The number of hydrogen-bond donors (Lipinski definition) is 1. The highest BCUT2D eigenvalue weighted by atomic mass is 35.5. The van der Waals surface area contributed by atoms with Gasteiger partial charge in [0.15, 0.2) is 0 Å². The number of ether oxygens (including phenoxy) is 1. The first-order valence-electron chi connectivity index (χ1n) is 7.23. The summed E-state index contributed by atoms with van der Waals surface area (Å²) < 4.78 is 6.87. The summed E-state index contributed by atoms with van der Waals surface area (Å²) in [6, 6.07) is 0. The molecule has 0 aliphatic heterocycles. The maximum Gasteiger partial charge on any atom is 0.108 e. The summed E-state index contributed by atoms with van der Waals surface area (Å²) in [7, 11) is 1.65. The fourth-order valence-corrected chi connectivity index (χ4v) is 3.12. The van der Waals surface area contributed by atoms with Crippen molar-refractivity contribution in [3.63, 3.8) is 0 Å². The van der Waals surface area contributed by atoms with Crippen LogP contribution >= 0.6 is 11.6 Å². The lowest BCUT2D eigenvalue weighted by atomic mass is 9.82. The van der Waals surface area contributed by atoms with Crippen molar-refractivity contribution in [3.05, 3.63) is 16.9 Å². The fourth-order valence-electron chi connectivity index (χ4n) is 2.80. The number of methoxy groups -OCH3 is 1. The summed E-state index contributed by atoms with van der Waals surface area (Å²) in [5, 5.41) is 16.0. The van der Waals surface area contributed by atoms with Gasteiger partial charge < -0.3 is 9.84 Å². The van der Waals surface area contributed by atoms with Gasteiger partial charge in [0.05, 0.1) is 30.1 Å². The van der Waals surface area contributed by atoms with E-state index in [1.54, 1.807) is 18.0 Å². The predicted octanol–water partition coefficient (Wildman–Crippen LogP) is 3.46. The van der Waals surface area contributed by atoms with Crippen LogP contribution in [0.4, 0.5) is 0 Å². The van der Waals surface area contributed by atoms with Crippen LogP contribution in [0.5, 0.6) is 0 Å². The third kappa shape index (κ3) is 4.47. The quantitative estimate of drug-likeness (QED) is 0.800. The zero-order valence-corrected chi connectivity index (χ0v) is 13.9. The number of nitrogens with zero attached hydrogens (tertiary/aromatic N) is 2. The van der Waals surface area contributed by atoms with Crippen molar-refractivity contribution in [1.82, 2.24) is 9.78 Å². The van der Waals surface area contributed by atoms with Crippen LogP contribution in [0, 0.1) is 11.8 Å². The minimum absolute atomic E-state index is 0.376. The molecule has 1 aromatic rings. The summed E-state index contributed by atoms with van der Waals surface area (Å²) in [6.45, 7) is 9.57. The molecule has 1 heterocycles. The molecule has 0 bridgehead atoms. The van der Waals surface area contributed by atoms with E-state index in [9.17, 15) is 5.11 Å². The Morgan fingerprint density at radius 3 is 2.30 bits per heavy atom. The third-order valence-corrected chi connectivity index (χ3v) is 3.51. The maximum atomic E-state index is 11.2. The highest BCUT2D eigenvalue weighted by molar-refractivity contribution is 6.31. The number of aromatic nitrogens is 2. The van der Waals surface area contributed by atoms with Gasteiger partial charge in [-0.3, -0.25) is 4.68 Å². The summed E-state index contributed by atoms with van der Waals surface area (Å²) in [5.74, 6) is 0.751. The number of aliphatic hydroxyl groups is 1. The Bertz CT molecular complexity index is 406. The van der Waals surface area contributed by atoms with Crippen LogP contribution in [0.2, 0.25) is 5.02 Å². The van der Waals surface area contributed by atoms with Gasteiger partial charge in [-0.1, -0.05) is 39.3 Å². The Balaban J connectivity index is 3.15. The lowest BCUT2D eigenvalue weighted by Gasteiger charge is -2.32. The molecule has 0 unspecified atom stereocenters. The van der Waals surface area contributed by atoms with Crippen LogP contribution in [0.1, 0.15) is 46.2 Å². The zero-order chi connectivity index (χ0) is 15.3. The van der Waals surface area contributed by atoms with E-state index in [4.69, 9.17) is 16.3 Å². The lowest BCUT2D eigenvalue weighted by Crippen LogP contribution is -2.33. The normalized spacial score (nSPS) is 12.7. The van der Waals surface area contributed by atoms with E-state index in [1.807, 2.05) is 0 Å². The number of halogens is 1. The number of hydrogen-bond acceptors (Lipinski definition) is 3. The van der Waals surface area contributed by atoms with Crippen molar-refractivity contribution < 1.29 is 9.84 Å².